The Morgan fingerprint density at radius 3 is 1.98 bits per heavy atom. The second-order valence-corrected chi connectivity index (χ2v) is 11.8. The Labute approximate surface area is 248 Å². The largest absolute Gasteiger partial charge is 0.507 e. The summed E-state index contributed by atoms with van der Waals surface area (Å²) < 4.78 is 6.18. The van der Waals surface area contributed by atoms with Crippen LogP contribution in [0.5, 0.6) is 28.7 Å². The topological polar surface area (TPSA) is 127 Å². The van der Waals surface area contributed by atoms with Gasteiger partial charge in [-0.3, -0.25) is 4.79 Å². The van der Waals surface area contributed by atoms with Gasteiger partial charge >= 0.3 is 0 Å². The molecule has 1 aliphatic heterocycles. The third-order valence-corrected chi connectivity index (χ3v) is 7.36. The minimum Gasteiger partial charge on any atom is -0.507 e. The van der Waals surface area contributed by atoms with E-state index >= 15 is 0 Å². The number of hydrogen-bond donors (Lipinski definition) is 5. The molecule has 1 aliphatic rings. The van der Waals surface area contributed by atoms with Crippen LogP contribution in [0.3, 0.4) is 0 Å². The number of ketones is 1. The van der Waals surface area contributed by atoms with E-state index in [0.717, 1.165) is 35.6 Å². The number of hydrogen-bond acceptors (Lipinski definition) is 7. The van der Waals surface area contributed by atoms with Gasteiger partial charge in [0, 0.05) is 22.8 Å². The minimum absolute atomic E-state index is 0.0415. The molecule has 0 amide bonds. The third-order valence-electron chi connectivity index (χ3n) is 7.36. The van der Waals surface area contributed by atoms with Crippen LogP contribution in [-0.2, 0) is 19.3 Å². The molecule has 2 unspecified atom stereocenters. The minimum atomic E-state index is -1.75. The standard InChI is InChI=1S/C35H44O7/c1-19(2)9-8-10-22(7)13-16-25-30(38)23(14-11-20(3)4)17-26(31(25)39)35-33(41)32(40)29-28(37)18-27(36)24(34(29)42-35)15-12-21(5)6/h9,11-13,17-18,33,35-39,41H,8,10,14-16H2,1-7H3. The number of allylic oxidation sites excluding steroid dienone is 8. The van der Waals surface area contributed by atoms with Crippen molar-refractivity contribution in [1.82, 2.24) is 0 Å². The van der Waals surface area contributed by atoms with Crippen molar-refractivity contribution in [2.75, 3.05) is 0 Å². The zero-order valence-corrected chi connectivity index (χ0v) is 25.7. The summed E-state index contributed by atoms with van der Waals surface area (Å²) in [6, 6.07) is 2.62. The summed E-state index contributed by atoms with van der Waals surface area (Å²) in [6.07, 6.45) is 7.33. The van der Waals surface area contributed by atoms with Crippen LogP contribution in [0.1, 0.15) is 100 Å². The van der Waals surface area contributed by atoms with Gasteiger partial charge in [-0.25, -0.2) is 0 Å². The Morgan fingerprint density at radius 2 is 1.36 bits per heavy atom. The smallest absolute Gasteiger partial charge is 0.202 e. The fraction of sp³-hybridized carbons (Fsp3) is 0.400. The van der Waals surface area contributed by atoms with Crippen molar-refractivity contribution >= 4 is 5.78 Å². The van der Waals surface area contributed by atoms with E-state index in [-0.39, 0.29) is 58.1 Å². The molecule has 0 radical (unpaired) electrons. The summed E-state index contributed by atoms with van der Waals surface area (Å²) in [5.74, 6) is -1.91. The average molecular weight is 577 g/mol. The SMILES string of the molecule is CC(C)=CCCC(C)=CCc1c(O)c(CC=C(C)C)cc(C2Oc3c(CC=C(C)C)c(O)cc(O)c3C(=O)C2O)c1O. The lowest BCUT2D eigenvalue weighted by Gasteiger charge is -2.32. The van der Waals surface area contributed by atoms with Crippen LogP contribution < -0.4 is 4.74 Å². The molecule has 3 rings (SSSR count). The summed E-state index contributed by atoms with van der Waals surface area (Å²) in [5, 5.41) is 55.0. The molecule has 226 valence electrons. The van der Waals surface area contributed by atoms with Gasteiger partial charge in [0.25, 0.3) is 0 Å². The quantitative estimate of drug-likeness (QED) is 0.186. The molecule has 0 aliphatic carbocycles. The second-order valence-electron chi connectivity index (χ2n) is 11.8. The Balaban J connectivity index is 2.16. The van der Waals surface area contributed by atoms with Gasteiger partial charge < -0.3 is 30.3 Å². The Morgan fingerprint density at radius 1 is 0.762 bits per heavy atom. The van der Waals surface area contributed by atoms with Crippen LogP contribution in [0, 0.1) is 0 Å². The van der Waals surface area contributed by atoms with E-state index in [1.165, 1.54) is 5.57 Å². The number of Topliss-reactive ketones (excluding diaryl/α,β-unsaturated/α-hetero) is 1. The summed E-state index contributed by atoms with van der Waals surface area (Å²) in [4.78, 5) is 13.4. The predicted octanol–water partition coefficient (Wildman–Crippen LogP) is 7.44. The second kappa shape index (κ2) is 13.8. The van der Waals surface area contributed by atoms with Crippen molar-refractivity contribution in [3.63, 3.8) is 0 Å². The van der Waals surface area contributed by atoms with Crippen molar-refractivity contribution in [2.24, 2.45) is 0 Å². The monoisotopic (exact) mass is 576 g/mol. The highest BCUT2D eigenvalue weighted by Crippen LogP contribution is 2.48. The van der Waals surface area contributed by atoms with Gasteiger partial charge in [-0.1, -0.05) is 46.6 Å². The molecule has 0 fully saturated rings. The number of aliphatic hydroxyl groups excluding tert-OH is 1. The Bertz CT molecular complexity index is 1460. The van der Waals surface area contributed by atoms with Crippen LogP contribution in [-0.4, -0.2) is 37.4 Å². The van der Waals surface area contributed by atoms with Crippen LogP contribution >= 0.6 is 0 Å². The molecule has 0 spiro atoms. The molecule has 2 aromatic rings. The maximum absolute atomic E-state index is 13.4. The summed E-state index contributed by atoms with van der Waals surface area (Å²) >= 11 is 0. The number of rotatable bonds is 10. The Kier molecular flexibility index (Phi) is 10.7. The number of ether oxygens (including phenoxy) is 1. The first-order valence-corrected chi connectivity index (χ1v) is 14.3. The third kappa shape index (κ3) is 7.45. The fourth-order valence-electron chi connectivity index (χ4n) is 4.91. The molecular weight excluding hydrogens is 532 g/mol. The van der Waals surface area contributed by atoms with E-state index in [9.17, 15) is 30.3 Å². The van der Waals surface area contributed by atoms with Crippen LogP contribution in [0.4, 0.5) is 0 Å². The number of aromatic hydroxyl groups is 4. The number of carbonyl (C=O) groups is 1. The van der Waals surface area contributed by atoms with E-state index in [1.54, 1.807) is 6.07 Å². The van der Waals surface area contributed by atoms with Crippen LogP contribution in [0.25, 0.3) is 0 Å². The van der Waals surface area contributed by atoms with E-state index in [1.807, 2.05) is 66.7 Å². The number of fused-ring (bicyclic) bond motifs is 1. The van der Waals surface area contributed by atoms with E-state index in [4.69, 9.17) is 4.74 Å². The number of aliphatic hydroxyl groups is 1. The van der Waals surface area contributed by atoms with Crippen molar-refractivity contribution in [2.45, 2.75) is 92.8 Å². The highest BCUT2D eigenvalue weighted by molar-refractivity contribution is 6.06. The molecule has 2 aromatic carbocycles. The van der Waals surface area contributed by atoms with Gasteiger partial charge in [-0.2, -0.15) is 0 Å². The fourth-order valence-corrected chi connectivity index (χ4v) is 4.91. The van der Waals surface area contributed by atoms with Gasteiger partial charge in [-0.05, 0) is 92.2 Å². The highest BCUT2D eigenvalue weighted by atomic mass is 16.5. The molecule has 1 heterocycles. The van der Waals surface area contributed by atoms with Gasteiger partial charge in [0.2, 0.25) is 5.78 Å². The number of benzene rings is 2. The molecule has 7 heteroatoms. The van der Waals surface area contributed by atoms with Crippen molar-refractivity contribution in [1.29, 1.82) is 0 Å². The van der Waals surface area contributed by atoms with E-state index < -0.39 is 23.7 Å². The van der Waals surface area contributed by atoms with Gasteiger partial charge in [-0.15, -0.1) is 0 Å². The summed E-state index contributed by atoms with van der Waals surface area (Å²) in [5.41, 5.74) is 5.32. The number of phenolic OH excluding ortho intramolecular Hbond substituents is 4. The lowest BCUT2D eigenvalue weighted by molar-refractivity contribution is 0.0198. The van der Waals surface area contributed by atoms with Gasteiger partial charge in [0.05, 0.1) is 0 Å². The van der Waals surface area contributed by atoms with Crippen LogP contribution in [0.2, 0.25) is 0 Å². The normalized spacial score (nSPS) is 16.4. The zero-order valence-electron chi connectivity index (χ0n) is 25.7. The molecule has 0 saturated carbocycles. The lowest BCUT2D eigenvalue weighted by atomic mass is 9.87. The molecule has 0 aromatic heterocycles. The van der Waals surface area contributed by atoms with Gasteiger partial charge in [0.15, 0.2) is 12.2 Å². The average Bonchev–Trinajstić information content (AvgIpc) is 2.89. The molecule has 0 bridgehead atoms. The zero-order chi connectivity index (χ0) is 31.3. The maximum atomic E-state index is 13.4. The van der Waals surface area contributed by atoms with Crippen molar-refractivity contribution in [3.05, 3.63) is 86.5 Å². The molecule has 7 nitrogen and oxygen atoms in total. The van der Waals surface area contributed by atoms with E-state index in [2.05, 4.69) is 6.08 Å². The number of carbonyl (C=O) groups excluding carboxylic acids is 1. The summed E-state index contributed by atoms with van der Waals surface area (Å²) in [6.45, 7) is 13.8. The maximum Gasteiger partial charge on any atom is 0.202 e. The molecule has 42 heavy (non-hydrogen) atoms. The first-order chi connectivity index (χ1) is 19.7. The lowest BCUT2D eigenvalue weighted by Crippen LogP contribution is -2.37. The molecule has 5 N–H and O–H groups in total. The van der Waals surface area contributed by atoms with E-state index in [0.29, 0.717) is 12.0 Å². The van der Waals surface area contributed by atoms with Crippen molar-refractivity contribution < 1.29 is 35.1 Å². The molecule has 2 atom stereocenters. The first-order valence-electron chi connectivity index (χ1n) is 14.3. The van der Waals surface area contributed by atoms with Crippen LogP contribution in [0.15, 0.2) is 58.7 Å². The molecular formula is C35H44O7. The molecule has 0 saturated heterocycles. The highest BCUT2D eigenvalue weighted by Gasteiger charge is 2.42. The summed E-state index contributed by atoms with van der Waals surface area (Å²) in [7, 11) is 0. The Hall–Kier alpha value is -3.97. The van der Waals surface area contributed by atoms with Crippen molar-refractivity contribution in [3.8, 4) is 28.7 Å². The predicted molar refractivity (Wildman–Crippen MR) is 166 cm³/mol. The first kappa shape index (κ1) is 32.5. The van der Waals surface area contributed by atoms with Gasteiger partial charge in [0.1, 0.15) is 34.3 Å². The number of phenols is 4.